The third-order valence-corrected chi connectivity index (χ3v) is 5.10. The molecule has 1 saturated heterocycles. The van der Waals surface area contributed by atoms with Crippen molar-refractivity contribution in [3.05, 3.63) is 64.7 Å². The number of carbonyl (C=O) groups excluding carboxylic acids is 2. The number of nitrogens with one attached hydrogen (secondary N) is 1. The Morgan fingerprint density at radius 1 is 1.04 bits per heavy atom. The second-order valence-corrected chi connectivity index (χ2v) is 7.31. The normalized spacial score (nSPS) is 14.8. The molecule has 1 aliphatic heterocycles. The minimum atomic E-state index is -0.214. The van der Waals surface area contributed by atoms with Gasteiger partial charge >= 0.3 is 0 Å². The number of amides is 2. The molecule has 27 heavy (non-hydrogen) atoms. The monoisotopic (exact) mass is 366 g/mol. The van der Waals surface area contributed by atoms with Gasteiger partial charge in [0.25, 0.3) is 5.91 Å². The van der Waals surface area contributed by atoms with E-state index in [1.54, 1.807) is 12.1 Å². The van der Waals surface area contributed by atoms with Gasteiger partial charge in [0.15, 0.2) is 0 Å². The summed E-state index contributed by atoms with van der Waals surface area (Å²) in [4.78, 5) is 26.6. The summed E-state index contributed by atoms with van der Waals surface area (Å²) >= 11 is 0. The Morgan fingerprint density at radius 2 is 1.63 bits per heavy atom. The van der Waals surface area contributed by atoms with E-state index in [9.17, 15) is 14.7 Å². The number of carbonyl (C=O) groups is 2. The van der Waals surface area contributed by atoms with Gasteiger partial charge in [-0.05, 0) is 62.4 Å². The summed E-state index contributed by atoms with van der Waals surface area (Å²) in [6.07, 6.45) is 1.78. The lowest BCUT2D eigenvalue weighted by molar-refractivity contribution is -0.131. The maximum Gasteiger partial charge on any atom is 0.251 e. The van der Waals surface area contributed by atoms with Gasteiger partial charge < -0.3 is 15.3 Å². The van der Waals surface area contributed by atoms with Crippen molar-refractivity contribution >= 4 is 11.8 Å². The zero-order valence-electron chi connectivity index (χ0n) is 15.9. The van der Waals surface area contributed by atoms with E-state index in [2.05, 4.69) is 5.32 Å². The lowest BCUT2D eigenvalue weighted by Gasteiger charge is -2.32. The van der Waals surface area contributed by atoms with Crippen LogP contribution < -0.4 is 5.32 Å². The number of aryl methyl sites for hydroxylation is 2. The minimum absolute atomic E-state index is 0.0235. The van der Waals surface area contributed by atoms with E-state index in [-0.39, 0.29) is 24.1 Å². The summed E-state index contributed by atoms with van der Waals surface area (Å²) in [6.45, 7) is 5.30. The molecule has 2 aromatic carbocycles. The maximum absolute atomic E-state index is 12.4. The van der Waals surface area contributed by atoms with E-state index in [0.717, 1.165) is 24.0 Å². The third kappa shape index (κ3) is 4.88. The van der Waals surface area contributed by atoms with Crippen LogP contribution in [0.5, 0.6) is 5.75 Å². The number of rotatable bonds is 4. The maximum atomic E-state index is 12.4. The van der Waals surface area contributed by atoms with Crippen molar-refractivity contribution in [1.82, 2.24) is 10.2 Å². The summed E-state index contributed by atoms with van der Waals surface area (Å²) < 4.78 is 0. The standard InChI is InChI=1S/C22H26N2O3/c1-15-11-16(2)13-19(12-15)22(27)23-14-21(26)24-9-7-18(8-10-24)17-3-5-20(25)6-4-17/h3-6,11-13,18,25H,7-10,14H2,1-2H3,(H,23,27). The number of benzene rings is 2. The molecule has 0 saturated carbocycles. The quantitative estimate of drug-likeness (QED) is 0.873. The summed E-state index contributed by atoms with van der Waals surface area (Å²) in [6, 6.07) is 13.0. The number of phenolic OH excluding ortho intramolecular Hbond substituents is 1. The molecule has 1 aliphatic rings. The molecule has 0 spiro atoms. The van der Waals surface area contributed by atoms with Gasteiger partial charge in [0.2, 0.25) is 5.91 Å². The van der Waals surface area contributed by atoms with Crippen LogP contribution in [0.2, 0.25) is 0 Å². The van der Waals surface area contributed by atoms with Crippen LogP contribution in [0.25, 0.3) is 0 Å². The first-order valence-corrected chi connectivity index (χ1v) is 9.35. The number of likely N-dealkylation sites (tertiary alicyclic amines) is 1. The number of nitrogens with zero attached hydrogens (tertiary/aromatic N) is 1. The molecule has 2 aromatic rings. The number of hydrogen-bond acceptors (Lipinski definition) is 3. The fraction of sp³-hybridized carbons (Fsp3) is 0.364. The number of aromatic hydroxyl groups is 1. The van der Waals surface area contributed by atoms with Gasteiger partial charge in [-0.15, -0.1) is 0 Å². The van der Waals surface area contributed by atoms with Gasteiger partial charge in [-0.2, -0.15) is 0 Å². The van der Waals surface area contributed by atoms with Crippen molar-refractivity contribution in [2.45, 2.75) is 32.6 Å². The van der Waals surface area contributed by atoms with Gasteiger partial charge in [-0.25, -0.2) is 0 Å². The lowest BCUT2D eigenvalue weighted by Crippen LogP contribution is -2.43. The van der Waals surface area contributed by atoms with Gasteiger partial charge in [-0.1, -0.05) is 29.3 Å². The number of hydrogen-bond donors (Lipinski definition) is 2. The van der Waals surface area contributed by atoms with E-state index in [4.69, 9.17) is 0 Å². The lowest BCUT2D eigenvalue weighted by atomic mass is 9.89. The van der Waals surface area contributed by atoms with E-state index in [1.165, 1.54) is 5.56 Å². The molecular weight excluding hydrogens is 340 g/mol. The molecule has 0 radical (unpaired) electrons. The smallest absolute Gasteiger partial charge is 0.251 e. The Bertz CT molecular complexity index is 802. The average molecular weight is 366 g/mol. The highest BCUT2D eigenvalue weighted by Crippen LogP contribution is 2.28. The Morgan fingerprint density at radius 3 is 2.22 bits per heavy atom. The Hall–Kier alpha value is -2.82. The third-order valence-electron chi connectivity index (χ3n) is 5.10. The molecule has 0 bridgehead atoms. The van der Waals surface area contributed by atoms with Gasteiger partial charge in [0.05, 0.1) is 6.54 Å². The Kier molecular flexibility index (Phi) is 5.79. The van der Waals surface area contributed by atoms with Crippen LogP contribution in [-0.4, -0.2) is 41.5 Å². The van der Waals surface area contributed by atoms with Crippen molar-refractivity contribution in [3.8, 4) is 5.75 Å². The van der Waals surface area contributed by atoms with Crippen LogP contribution in [0, 0.1) is 13.8 Å². The van der Waals surface area contributed by atoms with Gasteiger partial charge in [-0.3, -0.25) is 9.59 Å². The van der Waals surface area contributed by atoms with Crippen molar-refractivity contribution in [1.29, 1.82) is 0 Å². The molecule has 0 atom stereocenters. The fourth-order valence-electron chi connectivity index (χ4n) is 3.68. The second-order valence-electron chi connectivity index (χ2n) is 7.31. The second kappa shape index (κ2) is 8.25. The predicted octanol–water partition coefficient (Wildman–Crippen LogP) is 3.15. The Labute approximate surface area is 160 Å². The predicted molar refractivity (Wildman–Crippen MR) is 105 cm³/mol. The zero-order chi connectivity index (χ0) is 19.4. The van der Waals surface area contributed by atoms with E-state index >= 15 is 0 Å². The van der Waals surface area contributed by atoms with Crippen LogP contribution in [0.1, 0.15) is 45.8 Å². The highest BCUT2D eigenvalue weighted by atomic mass is 16.3. The van der Waals surface area contributed by atoms with Crippen LogP contribution >= 0.6 is 0 Å². The molecule has 2 amide bonds. The van der Waals surface area contributed by atoms with Gasteiger partial charge in [0.1, 0.15) is 5.75 Å². The minimum Gasteiger partial charge on any atom is -0.508 e. The zero-order valence-corrected chi connectivity index (χ0v) is 15.9. The fourth-order valence-corrected chi connectivity index (χ4v) is 3.68. The SMILES string of the molecule is Cc1cc(C)cc(C(=O)NCC(=O)N2CCC(c3ccc(O)cc3)CC2)c1. The van der Waals surface area contributed by atoms with Crippen molar-refractivity contribution in [2.24, 2.45) is 0 Å². The molecule has 0 aliphatic carbocycles. The first-order valence-electron chi connectivity index (χ1n) is 9.35. The topological polar surface area (TPSA) is 69.6 Å². The van der Waals surface area contributed by atoms with E-state index in [0.29, 0.717) is 24.6 Å². The van der Waals surface area contributed by atoms with Crippen molar-refractivity contribution in [3.63, 3.8) is 0 Å². The van der Waals surface area contributed by atoms with Crippen LogP contribution in [0.3, 0.4) is 0 Å². The first-order chi connectivity index (χ1) is 12.9. The highest BCUT2D eigenvalue weighted by Gasteiger charge is 2.24. The number of phenols is 1. The molecule has 142 valence electrons. The number of piperidine rings is 1. The van der Waals surface area contributed by atoms with Crippen LogP contribution in [0.15, 0.2) is 42.5 Å². The first kappa shape index (κ1) is 19.0. The van der Waals surface area contributed by atoms with E-state index < -0.39 is 0 Å². The molecule has 2 N–H and O–H groups in total. The van der Waals surface area contributed by atoms with E-state index in [1.807, 2.05) is 49.1 Å². The summed E-state index contributed by atoms with van der Waals surface area (Å²) in [7, 11) is 0. The van der Waals surface area contributed by atoms with Crippen LogP contribution in [0.4, 0.5) is 0 Å². The molecule has 1 heterocycles. The summed E-state index contributed by atoms with van der Waals surface area (Å²) in [5, 5.41) is 12.1. The average Bonchev–Trinajstić information content (AvgIpc) is 2.66. The van der Waals surface area contributed by atoms with Gasteiger partial charge in [0, 0.05) is 18.7 Å². The highest BCUT2D eigenvalue weighted by molar-refractivity contribution is 5.96. The molecule has 5 heteroatoms. The summed E-state index contributed by atoms with van der Waals surface area (Å²) in [5.74, 6) is 0.413. The van der Waals surface area contributed by atoms with Crippen molar-refractivity contribution < 1.29 is 14.7 Å². The molecule has 1 fully saturated rings. The largest absolute Gasteiger partial charge is 0.508 e. The molecule has 5 nitrogen and oxygen atoms in total. The molecular formula is C22H26N2O3. The Balaban J connectivity index is 1.49. The molecule has 3 rings (SSSR count). The van der Waals surface area contributed by atoms with Crippen LogP contribution in [-0.2, 0) is 4.79 Å². The van der Waals surface area contributed by atoms with Crippen molar-refractivity contribution in [2.75, 3.05) is 19.6 Å². The summed E-state index contributed by atoms with van der Waals surface area (Å²) in [5.41, 5.74) is 3.85. The molecule has 0 aromatic heterocycles. The molecule has 0 unspecified atom stereocenters.